The number of carbonyl (C=O) groups excluding carboxylic acids is 1. The van der Waals surface area contributed by atoms with Crippen LogP contribution in [0.15, 0.2) is 46.9 Å². The van der Waals surface area contributed by atoms with Gasteiger partial charge in [0.25, 0.3) is 11.9 Å². The Labute approximate surface area is 189 Å². The van der Waals surface area contributed by atoms with Crippen molar-refractivity contribution in [1.82, 2.24) is 10.3 Å². The Morgan fingerprint density at radius 3 is 2.59 bits per heavy atom. The molecule has 0 spiro atoms. The van der Waals surface area contributed by atoms with Crippen LogP contribution in [0.2, 0.25) is 0 Å². The number of benzene rings is 2. The second-order valence-corrected chi connectivity index (χ2v) is 8.72. The highest BCUT2D eigenvalue weighted by molar-refractivity contribution is 5.98. The Morgan fingerprint density at radius 2 is 1.94 bits per heavy atom. The van der Waals surface area contributed by atoms with E-state index in [2.05, 4.69) is 10.3 Å². The molecule has 0 saturated carbocycles. The molecule has 2 aromatic carbocycles. The van der Waals surface area contributed by atoms with E-state index in [9.17, 15) is 9.90 Å². The molecule has 0 unspecified atom stereocenters. The molecule has 7 nitrogen and oxygen atoms in total. The van der Waals surface area contributed by atoms with E-state index >= 15 is 0 Å². The van der Waals surface area contributed by atoms with Gasteiger partial charge >= 0.3 is 0 Å². The quantitative estimate of drug-likeness (QED) is 0.449. The van der Waals surface area contributed by atoms with Crippen LogP contribution in [0.25, 0.3) is 11.1 Å². The summed E-state index contributed by atoms with van der Waals surface area (Å²) >= 11 is 0. The van der Waals surface area contributed by atoms with Gasteiger partial charge < -0.3 is 25.5 Å². The number of anilines is 1. The SMILES string of the molecule is CCN(C)c1nc2c(C[C@@H](O)[C@@H](N)Cc3ccccc3)cc(C(=O)NCC(C)C)cc2o1. The molecule has 4 N–H and O–H groups in total. The number of aliphatic hydroxyl groups is 1. The number of carbonyl (C=O) groups is 1. The van der Waals surface area contributed by atoms with E-state index in [1.807, 2.05) is 63.1 Å². The van der Waals surface area contributed by atoms with E-state index in [-0.39, 0.29) is 12.3 Å². The molecule has 1 amide bonds. The van der Waals surface area contributed by atoms with E-state index in [1.54, 1.807) is 12.1 Å². The number of amides is 1. The molecule has 3 aromatic rings. The molecule has 3 rings (SSSR count). The number of hydrogen-bond acceptors (Lipinski definition) is 6. The van der Waals surface area contributed by atoms with Gasteiger partial charge in [-0.05, 0) is 42.5 Å². The van der Waals surface area contributed by atoms with E-state index in [0.29, 0.717) is 41.6 Å². The van der Waals surface area contributed by atoms with Crippen LogP contribution >= 0.6 is 0 Å². The minimum Gasteiger partial charge on any atom is -0.423 e. The van der Waals surface area contributed by atoms with E-state index in [1.165, 1.54) is 0 Å². The summed E-state index contributed by atoms with van der Waals surface area (Å²) in [4.78, 5) is 19.3. The average Bonchev–Trinajstić information content (AvgIpc) is 3.22. The normalized spacial score (nSPS) is 13.3. The van der Waals surface area contributed by atoms with Gasteiger partial charge in [-0.25, -0.2) is 0 Å². The maximum absolute atomic E-state index is 12.7. The van der Waals surface area contributed by atoms with Gasteiger partial charge in [-0.1, -0.05) is 44.2 Å². The average molecular weight is 439 g/mol. The lowest BCUT2D eigenvalue weighted by Crippen LogP contribution is -2.38. The van der Waals surface area contributed by atoms with Crippen LogP contribution in [0.5, 0.6) is 0 Å². The zero-order valence-corrected chi connectivity index (χ0v) is 19.3. The zero-order valence-electron chi connectivity index (χ0n) is 19.3. The lowest BCUT2D eigenvalue weighted by Gasteiger charge is -2.19. The van der Waals surface area contributed by atoms with Crippen molar-refractivity contribution in [3.63, 3.8) is 0 Å². The molecule has 0 aliphatic heterocycles. The van der Waals surface area contributed by atoms with Gasteiger partial charge in [-0.3, -0.25) is 4.79 Å². The Balaban J connectivity index is 1.89. The summed E-state index contributed by atoms with van der Waals surface area (Å²) in [5, 5.41) is 13.8. The first kappa shape index (κ1) is 23.8. The number of rotatable bonds is 10. The number of nitrogens with zero attached hydrogens (tertiary/aromatic N) is 2. The fourth-order valence-electron chi connectivity index (χ4n) is 3.47. The van der Waals surface area contributed by atoms with Gasteiger partial charge in [0.05, 0.1) is 6.10 Å². The summed E-state index contributed by atoms with van der Waals surface area (Å²) in [6, 6.07) is 13.4. The number of oxazole rings is 1. The summed E-state index contributed by atoms with van der Waals surface area (Å²) in [7, 11) is 1.89. The van der Waals surface area contributed by atoms with Gasteiger partial charge in [0, 0.05) is 38.2 Å². The highest BCUT2D eigenvalue weighted by atomic mass is 16.4. The molecule has 0 aliphatic carbocycles. The standard InChI is InChI=1S/C25H34N4O3/c1-5-29(4)25-28-23-18(13-21(30)20(26)11-17-9-7-6-8-10-17)12-19(14-22(23)32-25)24(31)27-15-16(2)3/h6-10,12,14,16,20-21,30H,5,11,13,15,26H2,1-4H3,(H,27,31)/t20-,21+/m0/s1. The Hall–Kier alpha value is -2.90. The van der Waals surface area contributed by atoms with Crippen LogP contribution < -0.4 is 16.0 Å². The molecular formula is C25H34N4O3. The molecule has 0 saturated heterocycles. The Kier molecular flexibility index (Phi) is 7.88. The Morgan fingerprint density at radius 1 is 1.22 bits per heavy atom. The van der Waals surface area contributed by atoms with Crippen molar-refractivity contribution in [2.75, 3.05) is 25.0 Å². The summed E-state index contributed by atoms with van der Waals surface area (Å²) in [5.41, 5.74) is 9.78. The van der Waals surface area contributed by atoms with E-state index < -0.39 is 12.1 Å². The molecule has 0 radical (unpaired) electrons. The van der Waals surface area contributed by atoms with Crippen molar-refractivity contribution in [2.45, 2.75) is 45.8 Å². The van der Waals surface area contributed by atoms with Crippen molar-refractivity contribution >= 4 is 23.0 Å². The third-order valence-electron chi connectivity index (χ3n) is 5.53. The summed E-state index contributed by atoms with van der Waals surface area (Å²) in [6.07, 6.45) is 0.0383. The number of nitrogens with two attached hydrogens (primary N) is 1. The van der Waals surface area contributed by atoms with Crippen LogP contribution in [-0.4, -0.2) is 48.3 Å². The largest absolute Gasteiger partial charge is 0.423 e. The predicted molar refractivity (Wildman–Crippen MR) is 128 cm³/mol. The molecule has 0 bridgehead atoms. The molecule has 0 aliphatic rings. The first-order valence-electron chi connectivity index (χ1n) is 11.2. The van der Waals surface area contributed by atoms with Crippen LogP contribution in [0.4, 0.5) is 6.01 Å². The minimum atomic E-state index is -0.795. The highest BCUT2D eigenvalue weighted by Crippen LogP contribution is 2.27. The fraction of sp³-hybridized carbons (Fsp3) is 0.440. The van der Waals surface area contributed by atoms with Gasteiger partial charge in [0.2, 0.25) is 0 Å². The number of hydrogen-bond donors (Lipinski definition) is 3. The fourth-order valence-corrected chi connectivity index (χ4v) is 3.47. The second-order valence-electron chi connectivity index (χ2n) is 8.72. The second kappa shape index (κ2) is 10.6. The van der Waals surface area contributed by atoms with Crippen molar-refractivity contribution in [2.24, 2.45) is 11.7 Å². The summed E-state index contributed by atoms with van der Waals surface area (Å²) < 4.78 is 5.94. The van der Waals surface area contributed by atoms with Crippen molar-refractivity contribution in [3.05, 3.63) is 59.2 Å². The number of nitrogens with one attached hydrogen (secondary N) is 1. The molecule has 32 heavy (non-hydrogen) atoms. The van der Waals surface area contributed by atoms with Crippen molar-refractivity contribution in [1.29, 1.82) is 0 Å². The van der Waals surface area contributed by atoms with Crippen molar-refractivity contribution < 1.29 is 14.3 Å². The lowest BCUT2D eigenvalue weighted by atomic mass is 9.95. The third-order valence-corrected chi connectivity index (χ3v) is 5.53. The first-order chi connectivity index (χ1) is 15.3. The van der Waals surface area contributed by atoms with Crippen LogP contribution in [0.1, 0.15) is 42.3 Å². The molecule has 172 valence electrons. The third kappa shape index (κ3) is 5.87. The number of aromatic nitrogens is 1. The lowest BCUT2D eigenvalue weighted by molar-refractivity contribution is 0.0948. The topological polar surface area (TPSA) is 105 Å². The van der Waals surface area contributed by atoms with Crippen LogP contribution in [0, 0.1) is 5.92 Å². The summed E-state index contributed by atoms with van der Waals surface area (Å²) in [5.74, 6) is 0.168. The maximum atomic E-state index is 12.7. The molecule has 2 atom stereocenters. The summed E-state index contributed by atoms with van der Waals surface area (Å²) in [6.45, 7) is 7.41. The maximum Gasteiger partial charge on any atom is 0.298 e. The molecule has 0 fully saturated rings. The zero-order chi connectivity index (χ0) is 23.3. The van der Waals surface area contributed by atoms with Crippen molar-refractivity contribution in [3.8, 4) is 0 Å². The first-order valence-corrected chi connectivity index (χ1v) is 11.2. The predicted octanol–water partition coefficient (Wildman–Crippen LogP) is 3.14. The molecule has 1 aromatic heterocycles. The van der Waals surface area contributed by atoms with Gasteiger partial charge in [-0.15, -0.1) is 0 Å². The van der Waals surface area contributed by atoms with Gasteiger partial charge in [-0.2, -0.15) is 4.98 Å². The Bertz CT molecular complexity index is 1030. The smallest absolute Gasteiger partial charge is 0.298 e. The molecule has 7 heteroatoms. The van der Waals surface area contributed by atoms with E-state index in [0.717, 1.165) is 17.7 Å². The molecular weight excluding hydrogens is 404 g/mol. The van der Waals surface area contributed by atoms with Crippen LogP contribution in [0.3, 0.4) is 0 Å². The minimum absolute atomic E-state index is 0.174. The van der Waals surface area contributed by atoms with Gasteiger partial charge in [0.1, 0.15) is 5.52 Å². The van der Waals surface area contributed by atoms with E-state index in [4.69, 9.17) is 10.2 Å². The molecule has 1 heterocycles. The van der Waals surface area contributed by atoms with Gasteiger partial charge in [0.15, 0.2) is 5.58 Å². The number of aliphatic hydroxyl groups excluding tert-OH is 1. The number of fused-ring (bicyclic) bond motifs is 1. The highest BCUT2D eigenvalue weighted by Gasteiger charge is 2.22. The van der Waals surface area contributed by atoms with Crippen LogP contribution in [-0.2, 0) is 12.8 Å². The monoisotopic (exact) mass is 438 g/mol.